The van der Waals surface area contributed by atoms with E-state index in [2.05, 4.69) is 5.32 Å². The Hall–Kier alpha value is -4.67. The van der Waals surface area contributed by atoms with Crippen LogP contribution in [0.15, 0.2) is 71.8 Å². The first-order valence-electron chi connectivity index (χ1n) is 19.7. The molecule has 2 aromatic rings. The number of aliphatic hydroxyl groups is 4. The number of amides is 1. The number of esters is 3. The zero-order valence-corrected chi connectivity index (χ0v) is 34.8. The van der Waals surface area contributed by atoms with Crippen LogP contribution >= 0.6 is 0 Å². The third-order valence-electron chi connectivity index (χ3n) is 12.9. The van der Waals surface area contributed by atoms with Gasteiger partial charge < -0.3 is 49.4 Å². The maximum atomic E-state index is 15.3. The van der Waals surface area contributed by atoms with Gasteiger partial charge in [0.1, 0.15) is 35.1 Å². The molecule has 3 fully saturated rings. The Morgan fingerprint density at radius 1 is 0.932 bits per heavy atom. The van der Waals surface area contributed by atoms with Crippen molar-refractivity contribution in [3.05, 3.63) is 82.9 Å². The van der Waals surface area contributed by atoms with Crippen LogP contribution in [-0.2, 0) is 38.1 Å². The van der Waals surface area contributed by atoms with E-state index in [1.165, 1.54) is 32.9 Å². The Balaban J connectivity index is 1.51. The minimum Gasteiger partial charge on any atom is -0.456 e. The van der Waals surface area contributed by atoms with Crippen LogP contribution in [0.25, 0.3) is 0 Å². The van der Waals surface area contributed by atoms with Crippen molar-refractivity contribution in [2.24, 2.45) is 16.7 Å². The molecule has 2 saturated carbocycles. The van der Waals surface area contributed by atoms with Crippen LogP contribution < -0.4 is 5.32 Å². The summed E-state index contributed by atoms with van der Waals surface area (Å²) < 4.78 is 29.7. The highest BCUT2D eigenvalue weighted by Crippen LogP contribution is 2.65. The van der Waals surface area contributed by atoms with Gasteiger partial charge in [0, 0.05) is 25.2 Å². The molecule has 0 radical (unpaired) electrons. The SMILES string of the molecule is CC(=O)O[C@@]12CO[C@@H]1C[C@H](O)[C@@]1(C)C(=O)[C@@](C)(O)C3=C(C)[C@@H](OC(=O)[C@H](O)C(NC(=O)OC(C)(C)C)c4ccccc4)C[C@@](O)([C@@H](OC(=O)c4ccccc4)[C@H]21)C3(C)C. The van der Waals surface area contributed by atoms with E-state index < -0.39 is 112 Å². The largest absolute Gasteiger partial charge is 0.456 e. The highest BCUT2D eigenvalue weighted by Gasteiger charge is 2.79. The molecule has 1 heterocycles. The predicted octanol–water partition coefficient (Wildman–Crippen LogP) is 3.65. The number of hydrogen-bond donors (Lipinski definition) is 5. The molecule has 11 atom stereocenters. The quantitative estimate of drug-likeness (QED) is 0.146. The molecule has 1 saturated heterocycles. The summed E-state index contributed by atoms with van der Waals surface area (Å²) in [6.07, 6.45) is -9.57. The number of nitrogens with one attached hydrogen (secondary N) is 1. The minimum absolute atomic E-state index is 0.0774. The van der Waals surface area contributed by atoms with Gasteiger partial charge in [0.2, 0.25) is 0 Å². The maximum Gasteiger partial charge on any atom is 0.408 e. The zero-order valence-electron chi connectivity index (χ0n) is 34.8. The van der Waals surface area contributed by atoms with Gasteiger partial charge in [0.15, 0.2) is 17.5 Å². The van der Waals surface area contributed by atoms with E-state index in [9.17, 15) is 39.6 Å². The van der Waals surface area contributed by atoms with Gasteiger partial charge in [0.05, 0.1) is 35.6 Å². The van der Waals surface area contributed by atoms with E-state index in [4.69, 9.17) is 23.7 Å². The smallest absolute Gasteiger partial charge is 0.408 e. The third kappa shape index (κ3) is 7.24. The van der Waals surface area contributed by atoms with Crippen molar-refractivity contribution in [3.63, 3.8) is 0 Å². The van der Waals surface area contributed by atoms with E-state index in [1.807, 2.05) is 0 Å². The molecule has 15 heteroatoms. The fraction of sp³-hybridized carbons (Fsp3) is 0.568. The van der Waals surface area contributed by atoms with Gasteiger partial charge in [-0.1, -0.05) is 62.4 Å². The number of benzene rings is 2. The third-order valence-corrected chi connectivity index (χ3v) is 12.9. The van der Waals surface area contributed by atoms with Gasteiger partial charge in [-0.3, -0.25) is 9.59 Å². The van der Waals surface area contributed by atoms with E-state index in [0.29, 0.717) is 5.56 Å². The molecule has 320 valence electrons. The lowest BCUT2D eigenvalue weighted by Crippen LogP contribution is -2.82. The molecule has 1 amide bonds. The van der Waals surface area contributed by atoms with Crippen molar-refractivity contribution >= 4 is 29.8 Å². The van der Waals surface area contributed by atoms with Crippen LogP contribution in [0, 0.1) is 16.7 Å². The van der Waals surface area contributed by atoms with Crippen molar-refractivity contribution in [1.29, 1.82) is 0 Å². The van der Waals surface area contributed by atoms with Crippen molar-refractivity contribution in [1.82, 2.24) is 5.32 Å². The van der Waals surface area contributed by atoms with Gasteiger partial charge >= 0.3 is 24.0 Å². The van der Waals surface area contributed by atoms with E-state index in [-0.39, 0.29) is 29.7 Å². The first kappa shape index (κ1) is 43.9. The Morgan fingerprint density at radius 2 is 1.53 bits per heavy atom. The molecule has 4 aliphatic rings. The van der Waals surface area contributed by atoms with Gasteiger partial charge in [-0.25, -0.2) is 14.4 Å². The molecule has 59 heavy (non-hydrogen) atoms. The fourth-order valence-electron chi connectivity index (χ4n) is 10.2. The lowest BCUT2D eigenvalue weighted by atomic mass is 9.43. The molecule has 1 unspecified atom stereocenters. The van der Waals surface area contributed by atoms with Crippen LogP contribution in [-0.4, -0.2) is 110 Å². The predicted molar refractivity (Wildman–Crippen MR) is 208 cm³/mol. The Kier molecular flexibility index (Phi) is 11.2. The second kappa shape index (κ2) is 15.1. The molecule has 1 aliphatic heterocycles. The van der Waals surface area contributed by atoms with Crippen LogP contribution in [0.5, 0.6) is 0 Å². The van der Waals surface area contributed by atoms with Gasteiger partial charge in [-0.05, 0) is 70.4 Å². The van der Waals surface area contributed by atoms with E-state index >= 15 is 4.79 Å². The first-order valence-corrected chi connectivity index (χ1v) is 19.7. The average Bonchev–Trinajstić information content (AvgIpc) is 3.14. The maximum absolute atomic E-state index is 15.3. The lowest BCUT2D eigenvalue weighted by Gasteiger charge is -2.68. The first-order chi connectivity index (χ1) is 27.3. The summed E-state index contributed by atoms with van der Waals surface area (Å²) >= 11 is 0. The summed E-state index contributed by atoms with van der Waals surface area (Å²) in [7, 11) is 0. The van der Waals surface area contributed by atoms with Crippen LogP contribution in [0.4, 0.5) is 4.79 Å². The number of ketones is 1. The Labute approximate surface area is 343 Å². The Bertz CT molecular complexity index is 2020. The van der Waals surface area contributed by atoms with Crippen LogP contribution in [0.1, 0.15) is 97.1 Å². The number of fused-ring (bicyclic) bond motifs is 5. The standard InChI is InChI=1S/C44H55NO14/c1-23-27(56-36(50)31(48)30(25-16-12-10-13-17-25)45-38(52)59-39(3,4)5)21-44(54)34(57-35(49)26-18-14-11-15-19-26)33-41(8,37(51)42(9,53)32(23)40(44,6)7)28(47)20-29-43(33,22-55-29)58-24(2)46/h10-19,27-31,33-34,47-48,53-54H,20-22H2,1-9H3,(H,45,52)/t27-,28-,29+,30?,31+,33-,34-,41+,42-,43-,44+/m0/s1. The number of ether oxygens (including phenoxy) is 5. The molecular formula is C44H55NO14. The highest BCUT2D eigenvalue weighted by atomic mass is 16.6. The monoisotopic (exact) mass is 821 g/mol. The van der Waals surface area contributed by atoms with Gasteiger partial charge in [-0.2, -0.15) is 0 Å². The normalized spacial score (nSPS) is 34.6. The van der Waals surface area contributed by atoms with Crippen LogP contribution in [0.3, 0.4) is 0 Å². The molecule has 15 nitrogen and oxygen atoms in total. The van der Waals surface area contributed by atoms with Gasteiger partial charge in [0.25, 0.3) is 0 Å². The summed E-state index contributed by atoms with van der Waals surface area (Å²) in [5, 5.41) is 52.3. The summed E-state index contributed by atoms with van der Waals surface area (Å²) in [6.45, 7) is 13.0. The van der Waals surface area contributed by atoms with Crippen molar-refractivity contribution in [2.45, 2.75) is 134 Å². The van der Waals surface area contributed by atoms with Crippen LogP contribution in [0.2, 0.25) is 0 Å². The number of alkyl carbamates (subject to hydrolysis) is 1. The average molecular weight is 822 g/mol. The molecular weight excluding hydrogens is 766 g/mol. The number of carbonyl (C=O) groups is 5. The Morgan fingerprint density at radius 3 is 2.07 bits per heavy atom. The molecule has 0 aromatic heterocycles. The van der Waals surface area contributed by atoms with Gasteiger partial charge in [-0.15, -0.1) is 0 Å². The summed E-state index contributed by atoms with van der Waals surface area (Å²) in [6, 6.07) is 14.6. The summed E-state index contributed by atoms with van der Waals surface area (Å²) in [4.78, 5) is 69.5. The number of rotatable bonds is 8. The lowest BCUT2D eigenvalue weighted by molar-refractivity contribution is -0.347. The highest BCUT2D eigenvalue weighted by molar-refractivity contribution is 5.97. The van der Waals surface area contributed by atoms with Crippen molar-refractivity contribution in [3.8, 4) is 0 Å². The van der Waals surface area contributed by atoms with Crippen molar-refractivity contribution in [2.75, 3.05) is 6.61 Å². The van der Waals surface area contributed by atoms with E-state index in [1.54, 1.807) is 83.1 Å². The summed E-state index contributed by atoms with van der Waals surface area (Å²) in [5.74, 6) is -5.41. The minimum atomic E-state index is -2.49. The zero-order chi connectivity index (χ0) is 43.7. The number of aliphatic hydroxyl groups excluding tert-OH is 2. The second-order valence-corrected chi connectivity index (χ2v) is 18.2. The topological polar surface area (TPSA) is 224 Å². The molecule has 2 aromatic carbocycles. The molecule has 2 bridgehead atoms. The van der Waals surface area contributed by atoms with Crippen molar-refractivity contribution < 1.29 is 68.1 Å². The number of hydrogen-bond acceptors (Lipinski definition) is 14. The molecule has 0 spiro atoms. The molecule has 6 rings (SSSR count). The fourth-order valence-corrected chi connectivity index (χ4v) is 10.2. The number of Topliss-reactive ketones (excluding diaryl/α,β-unsaturated/α-hetero) is 1. The van der Waals surface area contributed by atoms with E-state index in [0.717, 1.165) is 6.92 Å². The molecule has 3 aliphatic carbocycles. The second-order valence-electron chi connectivity index (χ2n) is 18.2. The molecule has 5 N–H and O–H groups in total. The summed E-state index contributed by atoms with van der Waals surface area (Å²) in [5.41, 5.74) is -10.8. The number of carbonyl (C=O) groups excluding carboxylic acids is 5.